The molecule has 2 rings (SSSR count). The third-order valence-corrected chi connectivity index (χ3v) is 4.72. The molecule has 2 aliphatic rings. The van der Waals surface area contributed by atoms with Gasteiger partial charge in [-0.1, -0.05) is 12.8 Å². The summed E-state index contributed by atoms with van der Waals surface area (Å²) in [5, 5.41) is 14.1. The maximum atomic E-state index is 11.4. The molecule has 0 bridgehead atoms. The van der Waals surface area contributed by atoms with Crippen molar-refractivity contribution in [2.75, 3.05) is 0 Å². The average Bonchev–Trinajstić information content (AvgIpc) is 2.55. The molecule has 92 valence electrons. The van der Waals surface area contributed by atoms with Gasteiger partial charge in [0.2, 0.25) is 0 Å². The van der Waals surface area contributed by atoms with Crippen molar-refractivity contribution in [1.82, 2.24) is 4.31 Å². The fourth-order valence-corrected chi connectivity index (χ4v) is 4.18. The second-order valence-electron chi connectivity index (χ2n) is 4.58. The van der Waals surface area contributed by atoms with E-state index >= 15 is 0 Å². The van der Waals surface area contributed by atoms with Crippen LogP contribution in [-0.4, -0.2) is 35.9 Å². The molecule has 2 fully saturated rings. The maximum Gasteiger partial charge on any atom is 0.322 e. The minimum absolute atomic E-state index is 0.160. The van der Waals surface area contributed by atoms with Crippen LogP contribution in [-0.2, 0) is 15.0 Å². The standard InChI is InChI=1S/C9H16N2O4S/c10-16(14,15)11-7-4-2-1-3-6(7)5-8(11)9(12)13/h6-8H,1-5H2,(H,12,13)(H2,10,14,15). The van der Waals surface area contributed by atoms with E-state index in [1.165, 1.54) is 0 Å². The van der Waals surface area contributed by atoms with E-state index < -0.39 is 22.2 Å². The smallest absolute Gasteiger partial charge is 0.322 e. The predicted molar refractivity (Wildman–Crippen MR) is 56.7 cm³/mol. The predicted octanol–water partition coefficient (Wildman–Crippen LogP) is -0.0924. The van der Waals surface area contributed by atoms with Gasteiger partial charge in [-0.05, 0) is 25.2 Å². The normalized spacial score (nSPS) is 35.9. The van der Waals surface area contributed by atoms with E-state index in [0.717, 1.165) is 30.0 Å². The lowest BCUT2D eigenvalue weighted by atomic mass is 9.85. The number of nitrogens with zero attached hydrogens (tertiary/aromatic N) is 1. The molecule has 3 unspecified atom stereocenters. The molecule has 3 N–H and O–H groups in total. The highest BCUT2D eigenvalue weighted by molar-refractivity contribution is 7.86. The molecular weight excluding hydrogens is 232 g/mol. The topological polar surface area (TPSA) is 101 Å². The Balaban J connectivity index is 2.32. The molecule has 7 heteroatoms. The highest BCUT2D eigenvalue weighted by atomic mass is 32.2. The quantitative estimate of drug-likeness (QED) is 0.713. The molecule has 0 spiro atoms. The number of rotatable bonds is 2. The van der Waals surface area contributed by atoms with Crippen LogP contribution in [0.4, 0.5) is 0 Å². The van der Waals surface area contributed by atoms with Crippen LogP contribution in [0.25, 0.3) is 0 Å². The van der Waals surface area contributed by atoms with E-state index in [0.29, 0.717) is 6.42 Å². The molecule has 0 aromatic rings. The Labute approximate surface area is 94.6 Å². The van der Waals surface area contributed by atoms with Crippen LogP contribution in [0.2, 0.25) is 0 Å². The minimum Gasteiger partial charge on any atom is -0.480 e. The molecule has 1 aliphatic heterocycles. The van der Waals surface area contributed by atoms with Crippen LogP contribution in [0.5, 0.6) is 0 Å². The number of fused-ring (bicyclic) bond motifs is 1. The van der Waals surface area contributed by atoms with E-state index in [4.69, 9.17) is 10.2 Å². The Morgan fingerprint density at radius 1 is 1.31 bits per heavy atom. The molecule has 1 saturated heterocycles. The van der Waals surface area contributed by atoms with Gasteiger partial charge in [0, 0.05) is 6.04 Å². The SMILES string of the molecule is NS(=O)(=O)N1C(C(=O)O)CC2CCCCC21. The van der Waals surface area contributed by atoms with Crippen molar-refractivity contribution in [3.05, 3.63) is 0 Å². The van der Waals surface area contributed by atoms with E-state index in [-0.39, 0.29) is 12.0 Å². The van der Waals surface area contributed by atoms with Gasteiger partial charge in [0.1, 0.15) is 6.04 Å². The Kier molecular flexibility index (Phi) is 2.93. The first-order valence-electron chi connectivity index (χ1n) is 5.45. The first kappa shape index (κ1) is 11.8. The van der Waals surface area contributed by atoms with Gasteiger partial charge in [-0.15, -0.1) is 0 Å². The van der Waals surface area contributed by atoms with Gasteiger partial charge in [0.05, 0.1) is 0 Å². The Morgan fingerprint density at radius 3 is 2.50 bits per heavy atom. The molecule has 3 atom stereocenters. The zero-order valence-electron chi connectivity index (χ0n) is 8.87. The van der Waals surface area contributed by atoms with Crippen LogP contribution in [0.3, 0.4) is 0 Å². The summed E-state index contributed by atoms with van der Waals surface area (Å²) in [5.74, 6) is -0.934. The van der Waals surface area contributed by atoms with Gasteiger partial charge in [-0.3, -0.25) is 4.79 Å². The first-order chi connectivity index (χ1) is 7.41. The molecule has 1 aliphatic carbocycles. The van der Waals surface area contributed by atoms with Crippen molar-refractivity contribution in [3.8, 4) is 0 Å². The van der Waals surface area contributed by atoms with Gasteiger partial charge >= 0.3 is 5.97 Å². The average molecular weight is 248 g/mol. The summed E-state index contributed by atoms with van der Waals surface area (Å²) in [6.07, 6.45) is 4.02. The number of carboxylic acids is 1. The third-order valence-electron chi connectivity index (χ3n) is 3.61. The summed E-state index contributed by atoms with van der Waals surface area (Å²) >= 11 is 0. The summed E-state index contributed by atoms with van der Waals surface area (Å²) in [6.45, 7) is 0. The Hall–Kier alpha value is -0.660. The molecule has 16 heavy (non-hydrogen) atoms. The summed E-state index contributed by atoms with van der Waals surface area (Å²) < 4.78 is 23.9. The largest absolute Gasteiger partial charge is 0.480 e. The van der Waals surface area contributed by atoms with Crippen LogP contribution in [0.15, 0.2) is 0 Å². The molecule has 0 radical (unpaired) electrons. The van der Waals surface area contributed by atoms with E-state index in [2.05, 4.69) is 0 Å². The van der Waals surface area contributed by atoms with Crippen molar-refractivity contribution in [2.24, 2.45) is 11.1 Å². The van der Waals surface area contributed by atoms with Gasteiger partial charge in [-0.2, -0.15) is 12.7 Å². The van der Waals surface area contributed by atoms with Crippen LogP contribution in [0.1, 0.15) is 32.1 Å². The van der Waals surface area contributed by atoms with Gasteiger partial charge in [-0.25, -0.2) is 5.14 Å². The van der Waals surface area contributed by atoms with Crippen LogP contribution in [0, 0.1) is 5.92 Å². The second kappa shape index (κ2) is 3.97. The Bertz CT molecular complexity index is 394. The Morgan fingerprint density at radius 2 is 1.94 bits per heavy atom. The molecule has 0 aromatic carbocycles. The molecule has 6 nitrogen and oxygen atoms in total. The van der Waals surface area contributed by atoms with E-state index in [1.54, 1.807) is 0 Å². The van der Waals surface area contributed by atoms with Crippen LogP contribution >= 0.6 is 0 Å². The van der Waals surface area contributed by atoms with Gasteiger partial charge < -0.3 is 5.11 Å². The van der Waals surface area contributed by atoms with E-state index in [9.17, 15) is 13.2 Å². The molecule has 0 amide bonds. The first-order valence-corrected chi connectivity index (χ1v) is 6.95. The number of carboxylic acid groups (broad SMARTS) is 1. The monoisotopic (exact) mass is 248 g/mol. The summed E-state index contributed by atoms with van der Waals surface area (Å²) in [4.78, 5) is 11.0. The van der Waals surface area contributed by atoms with Crippen molar-refractivity contribution >= 4 is 16.2 Å². The minimum atomic E-state index is -3.91. The highest BCUT2D eigenvalue weighted by Gasteiger charge is 2.49. The number of hydrogen-bond acceptors (Lipinski definition) is 3. The number of hydrogen-bond donors (Lipinski definition) is 2. The highest BCUT2D eigenvalue weighted by Crippen LogP contribution is 2.40. The fraction of sp³-hybridized carbons (Fsp3) is 0.889. The zero-order valence-corrected chi connectivity index (χ0v) is 9.69. The lowest BCUT2D eigenvalue weighted by Gasteiger charge is -2.30. The number of carbonyl (C=O) groups is 1. The van der Waals surface area contributed by atoms with Crippen molar-refractivity contribution in [1.29, 1.82) is 0 Å². The molecule has 0 aromatic heterocycles. The summed E-state index contributed by atoms with van der Waals surface area (Å²) in [6, 6.07) is -1.17. The van der Waals surface area contributed by atoms with Crippen molar-refractivity contribution < 1.29 is 18.3 Å². The van der Waals surface area contributed by atoms with Gasteiger partial charge in [0.25, 0.3) is 10.2 Å². The van der Waals surface area contributed by atoms with Crippen molar-refractivity contribution in [2.45, 2.75) is 44.2 Å². The fourth-order valence-electron chi connectivity index (χ4n) is 3.00. The lowest BCUT2D eigenvalue weighted by Crippen LogP contribution is -2.49. The molecular formula is C9H16N2O4S. The van der Waals surface area contributed by atoms with Gasteiger partial charge in [0.15, 0.2) is 0 Å². The zero-order chi connectivity index (χ0) is 11.9. The van der Waals surface area contributed by atoms with Crippen LogP contribution < -0.4 is 5.14 Å². The molecule has 1 saturated carbocycles. The lowest BCUT2D eigenvalue weighted by molar-refractivity contribution is -0.141. The second-order valence-corrected chi connectivity index (χ2v) is 6.03. The number of aliphatic carboxylic acids is 1. The number of nitrogens with two attached hydrogens (primary N) is 1. The van der Waals surface area contributed by atoms with E-state index in [1.807, 2.05) is 0 Å². The third kappa shape index (κ3) is 1.94. The molecule has 1 heterocycles. The summed E-state index contributed by atoms with van der Waals surface area (Å²) in [7, 11) is -3.91. The summed E-state index contributed by atoms with van der Waals surface area (Å²) in [5.41, 5.74) is 0. The van der Waals surface area contributed by atoms with Crippen molar-refractivity contribution in [3.63, 3.8) is 0 Å². The maximum absolute atomic E-state index is 11.4.